The Morgan fingerprint density at radius 3 is 2.32 bits per heavy atom. The van der Waals surface area contributed by atoms with Crippen LogP contribution in [-0.2, 0) is 32.1 Å². The Morgan fingerprint density at radius 2 is 1.57 bits per heavy atom. The predicted molar refractivity (Wildman–Crippen MR) is 144 cm³/mol. The Morgan fingerprint density at radius 1 is 0.838 bits per heavy atom. The van der Waals surface area contributed by atoms with Crippen molar-refractivity contribution in [1.29, 1.82) is 0 Å². The summed E-state index contributed by atoms with van der Waals surface area (Å²) in [7, 11) is 1.34. The number of nitrogens with one attached hydrogen (secondary N) is 1. The van der Waals surface area contributed by atoms with Crippen LogP contribution in [0, 0.1) is 5.92 Å². The Balaban J connectivity index is 1.50. The SMILES string of the molecule is COC(=O)[C@H](Cc1ccc(-c2cccc3ccccc23)o1)N[C@@H](CC(C)C)C(=O)OCc1ccccc1. The highest BCUT2D eigenvalue weighted by molar-refractivity contribution is 5.95. The minimum atomic E-state index is -0.774. The van der Waals surface area contributed by atoms with Crippen molar-refractivity contribution in [1.82, 2.24) is 5.32 Å². The summed E-state index contributed by atoms with van der Waals surface area (Å²) in [6.45, 7) is 4.22. The fourth-order valence-electron chi connectivity index (χ4n) is 4.40. The first-order chi connectivity index (χ1) is 17.9. The van der Waals surface area contributed by atoms with Crippen molar-refractivity contribution in [2.45, 2.75) is 45.4 Å². The molecule has 0 aliphatic carbocycles. The Hall–Kier alpha value is -3.90. The minimum Gasteiger partial charge on any atom is -0.468 e. The molecule has 0 aliphatic rings. The summed E-state index contributed by atoms with van der Waals surface area (Å²) in [6.07, 6.45) is 0.749. The van der Waals surface area contributed by atoms with Crippen LogP contribution >= 0.6 is 0 Å². The van der Waals surface area contributed by atoms with E-state index in [9.17, 15) is 9.59 Å². The molecule has 0 spiro atoms. The van der Waals surface area contributed by atoms with E-state index in [0.29, 0.717) is 12.2 Å². The van der Waals surface area contributed by atoms with Gasteiger partial charge in [-0.3, -0.25) is 14.9 Å². The second-order valence-corrected chi connectivity index (χ2v) is 9.51. The number of furan rings is 1. The summed E-state index contributed by atoms with van der Waals surface area (Å²) in [6, 6.07) is 26.0. The molecule has 37 heavy (non-hydrogen) atoms. The quantitative estimate of drug-likeness (QED) is 0.258. The van der Waals surface area contributed by atoms with Crippen LogP contribution in [0.15, 0.2) is 89.3 Å². The normalized spacial score (nSPS) is 12.9. The summed E-state index contributed by atoms with van der Waals surface area (Å²) in [5.41, 5.74) is 1.88. The van der Waals surface area contributed by atoms with Gasteiger partial charge in [-0.1, -0.05) is 86.6 Å². The van der Waals surface area contributed by atoms with E-state index in [2.05, 4.69) is 23.5 Å². The van der Waals surface area contributed by atoms with Crippen molar-refractivity contribution in [3.05, 3.63) is 96.3 Å². The molecule has 6 heteroatoms. The average Bonchev–Trinajstić information content (AvgIpc) is 3.38. The first-order valence-electron chi connectivity index (χ1n) is 12.6. The van der Waals surface area contributed by atoms with Crippen molar-refractivity contribution < 1.29 is 23.5 Å². The first-order valence-corrected chi connectivity index (χ1v) is 12.6. The van der Waals surface area contributed by atoms with Gasteiger partial charge >= 0.3 is 11.9 Å². The molecule has 0 radical (unpaired) electrons. The lowest BCUT2D eigenvalue weighted by Gasteiger charge is -2.24. The number of methoxy groups -OCH3 is 1. The van der Waals surface area contributed by atoms with Crippen LogP contribution < -0.4 is 5.32 Å². The lowest BCUT2D eigenvalue weighted by Crippen LogP contribution is -2.49. The van der Waals surface area contributed by atoms with Gasteiger partial charge in [0.05, 0.1) is 7.11 Å². The molecule has 0 fully saturated rings. The Kier molecular flexibility index (Phi) is 8.75. The van der Waals surface area contributed by atoms with Crippen molar-refractivity contribution in [2.24, 2.45) is 5.92 Å². The van der Waals surface area contributed by atoms with Crippen LogP contribution in [0.2, 0.25) is 0 Å². The molecule has 6 nitrogen and oxygen atoms in total. The Bertz CT molecular complexity index is 1320. The molecule has 192 valence electrons. The molecule has 0 bridgehead atoms. The van der Waals surface area contributed by atoms with E-state index in [4.69, 9.17) is 13.9 Å². The predicted octanol–water partition coefficient (Wildman–Crippen LogP) is 5.93. The fraction of sp³-hybridized carbons (Fsp3) is 0.290. The standard InChI is InChI=1S/C31H33NO5/c1-21(2)18-27(31(34)36-20-22-10-5-4-6-11-22)32-28(30(33)35-3)19-24-16-17-29(37-24)26-15-9-13-23-12-7-8-14-25(23)26/h4-17,21,27-28,32H,18-20H2,1-3H3/t27-,28-/m0/s1. The van der Waals surface area contributed by atoms with E-state index in [1.54, 1.807) is 0 Å². The summed E-state index contributed by atoms with van der Waals surface area (Å²) < 4.78 is 16.8. The summed E-state index contributed by atoms with van der Waals surface area (Å²) >= 11 is 0. The zero-order chi connectivity index (χ0) is 26.2. The zero-order valence-electron chi connectivity index (χ0n) is 21.5. The number of rotatable bonds is 11. The van der Waals surface area contributed by atoms with Gasteiger partial charge in [0.25, 0.3) is 0 Å². The third-order valence-corrected chi connectivity index (χ3v) is 6.23. The molecule has 1 aromatic heterocycles. The average molecular weight is 500 g/mol. The third kappa shape index (κ3) is 6.86. The maximum absolute atomic E-state index is 13.0. The molecule has 0 unspecified atom stereocenters. The molecule has 0 saturated carbocycles. The second-order valence-electron chi connectivity index (χ2n) is 9.51. The van der Waals surface area contributed by atoms with Gasteiger partial charge < -0.3 is 13.9 Å². The Labute approximate surface area is 217 Å². The molecular formula is C31H33NO5. The molecule has 3 aromatic carbocycles. The van der Waals surface area contributed by atoms with E-state index in [0.717, 1.165) is 27.7 Å². The van der Waals surface area contributed by atoms with E-state index in [-0.39, 0.29) is 18.9 Å². The van der Waals surface area contributed by atoms with Gasteiger partial charge in [0.1, 0.15) is 30.2 Å². The molecule has 4 rings (SSSR count). The zero-order valence-corrected chi connectivity index (χ0v) is 21.5. The summed E-state index contributed by atoms with van der Waals surface area (Å²) in [4.78, 5) is 25.7. The van der Waals surface area contributed by atoms with Gasteiger partial charge in [-0.05, 0) is 40.8 Å². The number of carbonyl (C=O) groups excluding carboxylic acids is 2. The van der Waals surface area contributed by atoms with Gasteiger partial charge in [-0.15, -0.1) is 0 Å². The largest absolute Gasteiger partial charge is 0.468 e. The smallest absolute Gasteiger partial charge is 0.323 e. The van der Waals surface area contributed by atoms with E-state index < -0.39 is 24.0 Å². The summed E-state index contributed by atoms with van der Waals surface area (Å²) in [5.74, 6) is 0.680. The van der Waals surface area contributed by atoms with Gasteiger partial charge in [-0.25, -0.2) is 0 Å². The molecular weight excluding hydrogens is 466 g/mol. The molecule has 4 aromatic rings. The highest BCUT2D eigenvalue weighted by Gasteiger charge is 2.30. The molecule has 0 aliphatic heterocycles. The number of fused-ring (bicyclic) bond motifs is 1. The highest BCUT2D eigenvalue weighted by Crippen LogP contribution is 2.30. The van der Waals surface area contributed by atoms with Gasteiger partial charge in [0.2, 0.25) is 0 Å². The van der Waals surface area contributed by atoms with E-state index in [1.807, 2.05) is 80.6 Å². The second kappa shape index (κ2) is 12.4. The maximum atomic E-state index is 13.0. The minimum absolute atomic E-state index is 0.172. The molecule has 0 amide bonds. The fourth-order valence-corrected chi connectivity index (χ4v) is 4.40. The van der Waals surface area contributed by atoms with Gasteiger partial charge in [-0.2, -0.15) is 0 Å². The number of esters is 2. The van der Waals surface area contributed by atoms with Crippen LogP contribution in [0.4, 0.5) is 0 Å². The van der Waals surface area contributed by atoms with Crippen LogP contribution in [0.5, 0.6) is 0 Å². The van der Waals surface area contributed by atoms with Crippen molar-refractivity contribution in [2.75, 3.05) is 7.11 Å². The number of hydrogen-bond donors (Lipinski definition) is 1. The number of carbonyl (C=O) groups is 2. The van der Waals surface area contributed by atoms with Gasteiger partial charge in [0.15, 0.2) is 0 Å². The lowest BCUT2D eigenvalue weighted by molar-refractivity contribution is -0.149. The summed E-state index contributed by atoms with van der Waals surface area (Å²) in [5, 5.41) is 5.40. The topological polar surface area (TPSA) is 77.8 Å². The van der Waals surface area contributed by atoms with Crippen molar-refractivity contribution in [3.8, 4) is 11.3 Å². The number of ether oxygens (including phenoxy) is 2. The number of benzene rings is 3. The van der Waals surface area contributed by atoms with Crippen LogP contribution in [0.3, 0.4) is 0 Å². The number of hydrogen-bond acceptors (Lipinski definition) is 6. The lowest BCUT2D eigenvalue weighted by atomic mass is 10.0. The molecule has 1 heterocycles. The highest BCUT2D eigenvalue weighted by atomic mass is 16.5. The van der Waals surface area contributed by atoms with E-state index >= 15 is 0 Å². The van der Waals surface area contributed by atoms with Crippen molar-refractivity contribution >= 4 is 22.7 Å². The van der Waals surface area contributed by atoms with Crippen LogP contribution in [-0.4, -0.2) is 31.1 Å². The molecule has 0 saturated heterocycles. The third-order valence-electron chi connectivity index (χ3n) is 6.23. The van der Waals surface area contributed by atoms with E-state index in [1.165, 1.54) is 7.11 Å². The maximum Gasteiger partial charge on any atom is 0.323 e. The van der Waals surface area contributed by atoms with Crippen LogP contribution in [0.25, 0.3) is 22.1 Å². The van der Waals surface area contributed by atoms with Crippen LogP contribution in [0.1, 0.15) is 31.6 Å². The monoisotopic (exact) mass is 499 g/mol. The van der Waals surface area contributed by atoms with Crippen molar-refractivity contribution in [3.63, 3.8) is 0 Å². The molecule has 2 atom stereocenters. The van der Waals surface area contributed by atoms with Gasteiger partial charge in [0, 0.05) is 12.0 Å². The first kappa shape index (κ1) is 26.2. The molecule has 1 N–H and O–H groups in total.